The van der Waals surface area contributed by atoms with Gasteiger partial charge >= 0.3 is 0 Å². The number of rotatable bonds is 7. The number of hydrogen-bond acceptors (Lipinski definition) is 4. The van der Waals surface area contributed by atoms with Crippen LogP contribution in [0, 0.1) is 5.92 Å². The van der Waals surface area contributed by atoms with Crippen molar-refractivity contribution in [1.29, 1.82) is 0 Å². The van der Waals surface area contributed by atoms with Gasteiger partial charge in [-0.1, -0.05) is 13.8 Å². The summed E-state index contributed by atoms with van der Waals surface area (Å²) >= 11 is 0. The monoisotopic (exact) mass is 477 g/mol. The third kappa shape index (κ3) is 6.68. The molecule has 0 aliphatic carbocycles. The van der Waals surface area contributed by atoms with E-state index < -0.39 is 0 Å². The minimum atomic E-state index is 0. The van der Waals surface area contributed by atoms with Gasteiger partial charge in [0.25, 0.3) is 0 Å². The van der Waals surface area contributed by atoms with Crippen molar-refractivity contribution in [3.05, 3.63) is 12.2 Å². The molecule has 1 aliphatic heterocycles. The van der Waals surface area contributed by atoms with E-state index in [-0.39, 0.29) is 29.5 Å². The predicted molar refractivity (Wildman–Crippen MR) is 118 cm³/mol. The Hall–Kier alpha value is -0.900. The van der Waals surface area contributed by atoms with Gasteiger partial charge in [0.15, 0.2) is 5.96 Å². The lowest BCUT2D eigenvalue weighted by Gasteiger charge is -2.43. The van der Waals surface area contributed by atoms with Crippen LogP contribution in [0.25, 0.3) is 0 Å². The highest BCUT2D eigenvalue weighted by Gasteiger charge is 2.30. The number of nitrogens with zero attached hydrogens (tertiary/aromatic N) is 5. The second-order valence-electron chi connectivity index (χ2n) is 7.65. The molecule has 0 amide bonds. The molecule has 1 aromatic heterocycles. The average molecular weight is 477 g/mol. The SMILES string of the molecule is CCc1nncn1CCNC(=NC)NCC(C)(C)N1CCCC(C)C1.I. The van der Waals surface area contributed by atoms with Gasteiger partial charge in [0, 0.05) is 45.2 Å². The normalized spacial score (nSPS) is 19.1. The number of aromatic nitrogens is 3. The van der Waals surface area contributed by atoms with E-state index >= 15 is 0 Å². The minimum absolute atomic E-state index is 0. The van der Waals surface area contributed by atoms with Crippen molar-refractivity contribution in [2.24, 2.45) is 10.9 Å². The molecule has 8 heteroatoms. The van der Waals surface area contributed by atoms with Crippen molar-refractivity contribution in [1.82, 2.24) is 30.3 Å². The average Bonchev–Trinajstić information content (AvgIpc) is 3.05. The lowest BCUT2D eigenvalue weighted by Crippen LogP contribution is -2.56. The van der Waals surface area contributed by atoms with Gasteiger partial charge in [0.2, 0.25) is 0 Å². The number of hydrogen-bond donors (Lipinski definition) is 2. The topological polar surface area (TPSA) is 70.4 Å². The van der Waals surface area contributed by atoms with Crippen LogP contribution < -0.4 is 10.6 Å². The van der Waals surface area contributed by atoms with Gasteiger partial charge < -0.3 is 15.2 Å². The molecule has 0 bridgehead atoms. The lowest BCUT2D eigenvalue weighted by molar-refractivity contribution is 0.0739. The molecule has 1 atom stereocenters. The summed E-state index contributed by atoms with van der Waals surface area (Å²) < 4.78 is 2.08. The molecule has 1 unspecified atom stereocenters. The van der Waals surface area contributed by atoms with Crippen LogP contribution in [0.4, 0.5) is 0 Å². The van der Waals surface area contributed by atoms with Gasteiger partial charge in [-0.2, -0.15) is 0 Å². The summed E-state index contributed by atoms with van der Waals surface area (Å²) in [5, 5.41) is 15.0. The molecule has 1 saturated heterocycles. The smallest absolute Gasteiger partial charge is 0.191 e. The molecule has 26 heavy (non-hydrogen) atoms. The summed E-state index contributed by atoms with van der Waals surface area (Å²) in [6.45, 7) is 14.0. The van der Waals surface area contributed by atoms with Gasteiger partial charge in [0.05, 0.1) is 0 Å². The number of aliphatic imine (C=N–C) groups is 1. The lowest BCUT2D eigenvalue weighted by atomic mass is 9.93. The van der Waals surface area contributed by atoms with Crippen LogP contribution in [-0.4, -0.2) is 64.4 Å². The first-order valence-corrected chi connectivity index (χ1v) is 9.52. The standard InChI is InChI=1S/C18H35N7.HI/c1-6-16-23-22-14-24(16)11-9-20-17(19-5)21-13-18(3,4)25-10-7-8-15(2)12-25;/h14-15H,6-13H2,1-5H3,(H2,19,20,21);1H. The Labute approximate surface area is 175 Å². The summed E-state index contributed by atoms with van der Waals surface area (Å²) in [4.78, 5) is 6.95. The fraction of sp³-hybridized carbons (Fsp3) is 0.833. The second kappa shape index (κ2) is 11.1. The zero-order chi connectivity index (χ0) is 18.3. The van der Waals surface area contributed by atoms with Crippen LogP contribution in [0.2, 0.25) is 0 Å². The molecule has 1 fully saturated rings. The molecule has 2 rings (SSSR count). The molecule has 0 radical (unpaired) electrons. The van der Waals surface area contributed by atoms with Gasteiger partial charge in [0.1, 0.15) is 12.2 Å². The molecule has 7 nitrogen and oxygen atoms in total. The van der Waals surface area contributed by atoms with Crippen molar-refractivity contribution < 1.29 is 0 Å². The van der Waals surface area contributed by atoms with Gasteiger partial charge in [-0.25, -0.2) is 0 Å². The van der Waals surface area contributed by atoms with E-state index in [0.717, 1.165) is 43.8 Å². The van der Waals surface area contributed by atoms with Crippen molar-refractivity contribution in [2.75, 3.05) is 33.2 Å². The number of aryl methyl sites for hydroxylation is 1. The summed E-state index contributed by atoms with van der Waals surface area (Å²) in [5.74, 6) is 2.66. The summed E-state index contributed by atoms with van der Waals surface area (Å²) in [5.41, 5.74) is 0.121. The Bertz CT molecular complexity index is 555. The Balaban J connectivity index is 0.00000338. The fourth-order valence-electron chi connectivity index (χ4n) is 3.41. The first-order valence-electron chi connectivity index (χ1n) is 9.52. The van der Waals surface area contributed by atoms with E-state index in [2.05, 4.69) is 63.0 Å². The molecular formula is C18H36IN7. The van der Waals surface area contributed by atoms with Crippen molar-refractivity contribution in [3.8, 4) is 0 Å². The van der Waals surface area contributed by atoms with Crippen molar-refractivity contribution >= 4 is 29.9 Å². The van der Waals surface area contributed by atoms with Crippen LogP contribution in [0.5, 0.6) is 0 Å². The molecular weight excluding hydrogens is 441 g/mol. The van der Waals surface area contributed by atoms with Crippen molar-refractivity contribution in [3.63, 3.8) is 0 Å². The van der Waals surface area contributed by atoms with Crippen LogP contribution >= 0.6 is 24.0 Å². The minimum Gasteiger partial charge on any atom is -0.355 e. The maximum Gasteiger partial charge on any atom is 0.191 e. The zero-order valence-electron chi connectivity index (χ0n) is 17.0. The largest absolute Gasteiger partial charge is 0.355 e. The number of likely N-dealkylation sites (tertiary alicyclic amines) is 1. The van der Waals surface area contributed by atoms with Gasteiger partial charge in [-0.15, -0.1) is 34.2 Å². The van der Waals surface area contributed by atoms with Crippen molar-refractivity contribution in [2.45, 2.75) is 59.0 Å². The maximum absolute atomic E-state index is 4.35. The Morgan fingerprint density at radius 3 is 2.81 bits per heavy atom. The highest BCUT2D eigenvalue weighted by molar-refractivity contribution is 14.0. The first kappa shape index (κ1) is 23.1. The van der Waals surface area contributed by atoms with E-state index in [1.807, 2.05) is 7.05 Å². The molecule has 1 aliphatic rings. The van der Waals surface area contributed by atoms with E-state index in [1.165, 1.54) is 25.9 Å². The van der Waals surface area contributed by atoms with E-state index in [4.69, 9.17) is 0 Å². The van der Waals surface area contributed by atoms with Crippen LogP contribution in [0.15, 0.2) is 11.3 Å². The predicted octanol–water partition coefficient (Wildman–Crippen LogP) is 2.13. The Kier molecular flexibility index (Phi) is 9.84. The van der Waals surface area contributed by atoms with E-state index in [1.54, 1.807) is 6.33 Å². The number of piperidine rings is 1. The molecule has 2 N–H and O–H groups in total. The third-order valence-corrected chi connectivity index (χ3v) is 5.08. The quantitative estimate of drug-likeness (QED) is 0.358. The van der Waals surface area contributed by atoms with Crippen LogP contribution in [0.3, 0.4) is 0 Å². The van der Waals surface area contributed by atoms with Gasteiger partial charge in [-0.3, -0.25) is 9.89 Å². The van der Waals surface area contributed by atoms with Crippen LogP contribution in [0.1, 0.15) is 46.4 Å². The molecule has 2 heterocycles. The number of nitrogens with one attached hydrogen (secondary N) is 2. The third-order valence-electron chi connectivity index (χ3n) is 5.08. The molecule has 0 saturated carbocycles. The van der Waals surface area contributed by atoms with E-state index in [9.17, 15) is 0 Å². The maximum atomic E-state index is 4.35. The molecule has 1 aromatic rings. The summed E-state index contributed by atoms with van der Waals surface area (Å²) in [6, 6.07) is 0. The highest BCUT2D eigenvalue weighted by Crippen LogP contribution is 2.23. The number of guanidine groups is 1. The van der Waals surface area contributed by atoms with Gasteiger partial charge in [-0.05, 0) is 39.2 Å². The molecule has 0 spiro atoms. The Morgan fingerprint density at radius 2 is 2.15 bits per heavy atom. The second-order valence-corrected chi connectivity index (χ2v) is 7.65. The summed E-state index contributed by atoms with van der Waals surface area (Å²) in [7, 11) is 1.82. The summed E-state index contributed by atoms with van der Waals surface area (Å²) in [6.07, 6.45) is 5.34. The Morgan fingerprint density at radius 1 is 1.38 bits per heavy atom. The fourth-order valence-corrected chi connectivity index (χ4v) is 3.41. The number of halogens is 1. The molecule has 150 valence electrons. The first-order chi connectivity index (χ1) is 12.0. The highest BCUT2D eigenvalue weighted by atomic mass is 127. The van der Waals surface area contributed by atoms with Crippen LogP contribution in [-0.2, 0) is 13.0 Å². The molecule has 0 aromatic carbocycles. The van der Waals surface area contributed by atoms with E-state index in [0.29, 0.717) is 0 Å². The zero-order valence-corrected chi connectivity index (χ0v) is 19.3.